The second-order valence-electron chi connectivity index (χ2n) is 5.66. The molecule has 20 heavy (non-hydrogen) atoms. The van der Waals surface area contributed by atoms with Gasteiger partial charge in [0.2, 0.25) is 0 Å². The zero-order valence-corrected chi connectivity index (χ0v) is 11.8. The van der Waals surface area contributed by atoms with Gasteiger partial charge < -0.3 is 9.67 Å². The lowest BCUT2D eigenvalue weighted by molar-refractivity contribution is -0.137. The van der Waals surface area contributed by atoms with Gasteiger partial charge >= 0.3 is 6.18 Å². The van der Waals surface area contributed by atoms with E-state index in [0.29, 0.717) is 18.5 Å². The fourth-order valence-electron chi connectivity index (χ4n) is 2.41. The lowest BCUT2D eigenvalue weighted by Gasteiger charge is -2.16. The molecule has 0 unspecified atom stereocenters. The highest BCUT2D eigenvalue weighted by Gasteiger charge is 2.31. The van der Waals surface area contributed by atoms with Crippen molar-refractivity contribution in [3.63, 3.8) is 0 Å². The van der Waals surface area contributed by atoms with Crippen LogP contribution in [0.1, 0.15) is 31.9 Å². The largest absolute Gasteiger partial charge is 0.416 e. The molecule has 1 aromatic heterocycles. The van der Waals surface area contributed by atoms with Crippen LogP contribution in [-0.4, -0.2) is 15.3 Å². The first-order valence-electron chi connectivity index (χ1n) is 6.53. The molecule has 0 amide bonds. The van der Waals surface area contributed by atoms with E-state index >= 15 is 0 Å². The molecule has 5 heteroatoms. The first-order chi connectivity index (χ1) is 9.12. The first-order valence-corrected chi connectivity index (χ1v) is 6.53. The Kier molecular flexibility index (Phi) is 3.58. The van der Waals surface area contributed by atoms with Crippen molar-refractivity contribution in [2.45, 2.75) is 45.5 Å². The third-order valence-corrected chi connectivity index (χ3v) is 3.26. The van der Waals surface area contributed by atoms with Gasteiger partial charge in [0.25, 0.3) is 0 Å². The van der Waals surface area contributed by atoms with Crippen LogP contribution in [0.25, 0.3) is 10.9 Å². The Morgan fingerprint density at radius 2 is 1.85 bits per heavy atom. The monoisotopic (exact) mass is 285 g/mol. The van der Waals surface area contributed by atoms with Gasteiger partial charge in [0, 0.05) is 30.1 Å². The fourth-order valence-corrected chi connectivity index (χ4v) is 2.41. The van der Waals surface area contributed by atoms with Crippen LogP contribution in [0.4, 0.5) is 13.2 Å². The molecular weight excluding hydrogens is 267 g/mol. The maximum Gasteiger partial charge on any atom is 0.416 e. The van der Waals surface area contributed by atoms with Crippen molar-refractivity contribution >= 4 is 10.9 Å². The predicted octanol–water partition coefficient (Wildman–Crippen LogP) is 3.99. The molecule has 0 radical (unpaired) electrons. The molecule has 0 spiro atoms. The van der Waals surface area contributed by atoms with Crippen molar-refractivity contribution in [3.05, 3.63) is 35.5 Å². The molecule has 0 atom stereocenters. The molecule has 2 aromatic rings. The lowest BCUT2D eigenvalue weighted by atomic mass is 9.98. The molecule has 1 heterocycles. The highest BCUT2D eigenvalue weighted by atomic mass is 19.4. The number of rotatable bonds is 3. The average Bonchev–Trinajstić information content (AvgIpc) is 2.63. The van der Waals surface area contributed by atoms with Gasteiger partial charge in [0.15, 0.2) is 0 Å². The third kappa shape index (κ3) is 2.98. The highest BCUT2D eigenvalue weighted by Crippen LogP contribution is 2.33. The van der Waals surface area contributed by atoms with Crippen LogP contribution in [0, 0.1) is 0 Å². The van der Waals surface area contributed by atoms with Crippen molar-refractivity contribution in [2.75, 3.05) is 0 Å². The van der Waals surface area contributed by atoms with Crippen LogP contribution in [0.3, 0.4) is 0 Å². The van der Waals surface area contributed by atoms with E-state index < -0.39 is 17.3 Å². The van der Waals surface area contributed by atoms with Crippen molar-refractivity contribution in [1.82, 2.24) is 4.57 Å². The number of benzene rings is 1. The summed E-state index contributed by atoms with van der Waals surface area (Å²) < 4.78 is 40.1. The number of fused-ring (bicyclic) bond motifs is 1. The quantitative estimate of drug-likeness (QED) is 0.906. The molecule has 0 aliphatic carbocycles. The maximum absolute atomic E-state index is 12.8. The third-order valence-electron chi connectivity index (χ3n) is 3.26. The minimum atomic E-state index is -4.34. The Morgan fingerprint density at radius 1 is 1.20 bits per heavy atom. The number of hydrogen-bond acceptors (Lipinski definition) is 1. The van der Waals surface area contributed by atoms with Gasteiger partial charge in [-0.25, -0.2) is 0 Å². The summed E-state index contributed by atoms with van der Waals surface area (Å²) >= 11 is 0. The summed E-state index contributed by atoms with van der Waals surface area (Å²) in [6.45, 7) is 5.84. The molecule has 0 aliphatic heterocycles. The summed E-state index contributed by atoms with van der Waals surface area (Å²) in [6.07, 6.45) is -2.11. The molecule has 2 rings (SSSR count). The Balaban J connectivity index is 2.59. The molecule has 0 aliphatic rings. The zero-order valence-electron chi connectivity index (χ0n) is 11.8. The van der Waals surface area contributed by atoms with Crippen molar-refractivity contribution in [2.24, 2.45) is 0 Å². The number of nitrogens with zero attached hydrogens (tertiary/aromatic N) is 1. The van der Waals surface area contributed by atoms with E-state index in [9.17, 15) is 18.3 Å². The first kappa shape index (κ1) is 14.9. The predicted molar refractivity (Wildman–Crippen MR) is 72.6 cm³/mol. The zero-order chi connectivity index (χ0) is 15.1. The van der Waals surface area contributed by atoms with E-state index in [1.807, 2.05) is 13.1 Å². The second kappa shape index (κ2) is 4.81. The summed E-state index contributed by atoms with van der Waals surface area (Å²) in [5.41, 5.74) is -0.118. The standard InChI is InChI=1S/C15H18F3NO/c1-4-19-9-10(8-14(2,3)20)12-6-5-11(7-13(12)19)15(16,17)18/h5-7,9,20H,4,8H2,1-3H3. The van der Waals surface area contributed by atoms with E-state index in [1.165, 1.54) is 12.1 Å². The topological polar surface area (TPSA) is 25.2 Å². The fraction of sp³-hybridized carbons (Fsp3) is 0.467. The van der Waals surface area contributed by atoms with E-state index in [0.717, 1.165) is 17.0 Å². The minimum absolute atomic E-state index is 0.405. The molecule has 110 valence electrons. The normalized spacial score (nSPS) is 13.2. The Hall–Kier alpha value is -1.49. The lowest BCUT2D eigenvalue weighted by Crippen LogP contribution is -2.21. The SMILES string of the molecule is CCn1cc(CC(C)(C)O)c2ccc(C(F)(F)F)cc21. The number of aliphatic hydroxyl groups is 1. The molecule has 0 bridgehead atoms. The Labute approximate surface area is 115 Å². The number of aromatic nitrogens is 1. The van der Waals surface area contributed by atoms with Crippen molar-refractivity contribution in [3.8, 4) is 0 Å². The molecule has 0 fully saturated rings. The van der Waals surface area contributed by atoms with Gasteiger partial charge in [-0.15, -0.1) is 0 Å². The van der Waals surface area contributed by atoms with E-state index in [2.05, 4.69) is 0 Å². The van der Waals surface area contributed by atoms with Gasteiger partial charge in [-0.05, 0) is 38.5 Å². The second-order valence-corrected chi connectivity index (χ2v) is 5.66. The molecule has 2 nitrogen and oxygen atoms in total. The molecule has 1 aromatic carbocycles. The molecule has 0 saturated carbocycles. The molecule has 1 N–H and O–H groups in total. The van der Waals surface area contributed by atoms with Crippen molar-refractivity contribution in [1.29, 1.82) is 0 Å². The van der Waals surface area contributed by atoms with Crippen LogP contribution in [0.15, 0.2) is 24.4 Å². The minimum Gasteiger partial charge on any atom is -0.390 e. The van der Waals surface area contributed by atoms with E-state index in [1.54, 1.807) is 18.4 Å². The average molecular weight is 285 g/mol. The number of alkyl halides is 3. The smallest absolute Gasteiger partial charge is 0.390 e. The van der Waals surface area contributed by atoms with E-state index in [4.69, 9.17) is 0 Å². The summed E-state index contributed by atoms with van der Waals surface area (Å²) in [4.78, 5) is 0. The van der Waals surface area contributed by atoms with Gasteiger partial charge in [-0.2, -0.15) is 13.2 Å². The number of halogens is 3. The maximum atomic E-state index is 12.8. The summed E-state index contributed by atoms with van der Waals surface area (Å²) in [5.74, 6) is 0. The van der Waals surface area contributed by atoms with Gasteiger partial charge in [0.1, 0.15) is 0 Å². The molecule has 0 saturated heterocycles. The highest BCUT2D eigenvalue weighted by molar-refractivity contribution is 5.85. The summed E-state index contributed by atoms with van der Waals surface area (Å²) in [6, 6.07) is 3.76. The van der Waals surface area contributed by atoms with E-state index in [-0.39, 0.29) is 0 Å². The van der Waals surface area contributed by atoms with Crippen LogP contribution in [-0.2, 0) is 19.1 Å². The molecular formula is C15H18F3NO. The van der Waals surface area contributed by atoms with Crippen molar-refractivity contribution < 1.29 is 18.3 Å². The Bertz CT molecular complexity index is 620. The Morgan fingerprint density at radius 3 is 2.35 bits per heavy atom. The van der Waals surface area contributed by atoms with Crippen LogP contribution in [0.5, 0.6) is 0 Å². The van der Waals surface area contributed by atoms with Gasteiger partial charge in [0.05, 0.1) is 11.2 Å². The van der Waals surface area contributed by atoms with Crippen LogP contribution in [0.2, 0.25) is 0 Å². The summed E-state index contributed by atoms with van der Waals surface area (Å²) in [7, 11) is 0. The summed E-state index contributed by atoms with van der Waals surface area (Å²) in [5, 5.41) is 10.7. The number of aryl methyl sites for hydroxylation is 1. The van der Waals surface area contributed by atoms with Gasteiger partial charge in [-0.1, -0.05) is 6.07 Å². The van der Waals surface area contributed by atoms with Crippen LogP contribution < -0.4 is 0 Å². The van der Waals surface area contributed by atoms with Gasteiger partial charge in [-0.3, -0.25) is 0 Å². The number of hydrogen-bond donors (Lipinski definition) is 1. The van der Waals surface area contributed by atoms with Crippen LogP contribution >= 0.6 is 0 Å².